The van der Waals surface area contributed by atoms with Crippen molar-refractivity contribution < 1.29 is 0 Å². The van der Waals surface area contributed by atoms with Crippen LogP contribution in [0.3, 0.4) is 0 Å². The molecule has 1 N–H and O–H groups in total. The molecule has 2 atom stereocenters. The maximum absolute atomic E-state index is 3.65. The number of hydrogen-bond donors (Lipinski definition) is 1. The number of fused-ring (bicyclic) bond motifs is 2. The minimum Gasteiger partial charge on any atom is -0.311 e. The zero-order chi connectivity index (χ0) is 16.0. The first-order valence-corrected chi connectivity index (χ1v) is 9.54. The Labute approximate surface area is 137 Å². The largest absolute Gasteiger partial charge is 0.311 e. The van der Waals surface area contributed by atoms with Crippen LogP contribution in [0.5, 0.6) is 0 Å². The lowest BCUT2D eigenvalue weighted by molar-refractivity contribution is 0.0137. The van der Waals surface area contributed by atoms with E-state index in [1.807, 2.05) is 0 Å². The van der Waals surface area contributed by atoms with Crippen LogP contribution in [0.25, 0.3) is 0 Å². The van der Waals surface area contributed by atoms with Crippen molar-refractivity contribution in [3.8, 4) is 0 Å². The van der Waals surface area contributed by atoms with Crippen LogP contribution >= 0.6 is 0 Å². The highest BCUT2D eigenvalue weighted by Gasteiger charge is 2.47. The molecule has 0 saturated carbocycles. The lowest BCUT2D eigenvalue weighted by atomic mass is 9.67. The van der Waals surface area contributed by atoms with Gasteiger partial charge in [-0.25, -0.2) is 0 Å². The number of piperidine rings is 1. The third-order valence-corrected chi connectivity index (χ3v) is 6.86. The van der Waals surface area contributed by atoms with Crippen LogP contribution in [-0.4, -0.2) is 60.1 Å². The monoisotopic (exact) mass is 307 g/mol. The van der Waals surface area contributed by atoms with Crippen LogP contribution in [0.15, 0.2) is 0 Å². The van der Waals surface area contributed by atoms with Gasteiger partial charge >= 0.3 is 0 Å². The van der Waals surface area contributed by atoms with Gasteiger partial charge in [-0.05, 0) is 70.5 Å². The molecular formula is C19H37N3. The molecule has 0 aromatic carbocycles. The van der Waals surface area contributed by atoms with Gasteiger partial charge < -0.3 is 10.2 Å². The summed E-state index contributed by atoms with van der Waals surface area (Å²) in [5.74, 6) is 0.896. The molecule has 3 nitrogen and oxygen atoms in total. The molecule has 0 radical (unpaired) electrons. The van der Waals surface area contributed by atoms with Gasteiger partial charge in [-0.1, -0.05) is 20.8 Å². The molecule has 3 aliphatic rings. The summed E-state index contributed by atoms with van der Waals surface area (Å²) in [6.45, 7) is 18.7. The highest BCUT2D eigenvalue weighted by atomic mass is 15.3. The van der Waals surface area contributed by atoms with Crippen LogP contribution in [0.4, 0.5) is 0 Å². The van der Waals surface area contributed by atoms with E-state index in [1.165, 1.54) is 58.4 Å². The number of likely N-dealkylation sites (tertiary alicyclic amines) is 2. The zero-order valence-electron chi connectivity index (χ0n) is 15.5. The number of piperazine rings is 1. The second kappa shape index (κ2) is 6.07. The van der Waals surface area contributed by atoms with Gasteiger partial charge in [0.1, 0.15) is 0 Å². The van der Waals surface area contributed by atoms with E-state index < -0.39 is 0 Å². The van der Waals surface area contributed by atoms with E-state index in [-0.39, 0.29) is 0 Å². The van der Waals surface area contributed by atoms with Gasteiger partial charge in [-0.3, -0.25) is 4.90 Å². The average molecular weight is 308 g/mol. The van der Waals surface area contributed by atoms with Crippen molar-refractivity contribution in [1.82, 2.24) is 15.1 Å². The summed E-state index contributed by atoms with van der Waals surface area (Å²) in [6, 6.07) is 1.55. The topological polar surface area (TPSA) is 18.5 Å². The fourth-order valence-corrected chi connectivity index (χ4v) is 5.69. The molecule has 22 heavy (non-hydrogen) atoms. The fraction of sp³-hybridized carbons (Fsp3) is 1.00. The van der Waals surface area contributed by atoms with E-state index in [9.17, 15) is 0 Å². The van der Waals surface area contributed by atoms with E-state index in [0.29, 0.717) is 11.0 Å². The summed E-state index contributed by atoms with van der Waals surface area (Å²) in [5.41, 5.74) is 0.797. The molecule has 0 amide bonds. The molecule has 3 heterocycles. The maximum atomic E-state index is 3.65. The smallest absolute Gasteiger partial charge is 0.0242 e. The second-order valence-corrected chi connectivity index (χ2v) is 9.33. The fourth-order valence-electron chi connectivity index (χ4n) is 5.69. The minimum atomic E-state index is 0.340. The third kappa shape index (κ3) is 3.22. The van der Waals surface area contributed by atoms with Crippen LogP contribution in [0.2, 0.25) is 0 Å². The standard InChI is InChI=1S/C19H37N3/c1-6-21-9-7-15(8-10-21)18(2,3)14-19(4,5)22-13-16-11-17(22)12-20-16/h15-17,20H,6-14H2,1-5H3/t16-,17-/m0/s1. The van der Waals surface area contributed by atoms with Crippen molar-refractivity contribution in [2.24, 2.45) is 11.3 Å². The van der Waals surface area contributed by atoms with Crippen LogP contribution < -0.4 is 5.32 Å². The van der Waals surface area contributed by atoms with Crippen LogP contribution in [0, 0.1) is 11.3 Å². The number of nitrogens with zero attached hydrogens (tertiary/aromatic N) is 2. The second-order valence-electron chi connectivity index (χ2n) is 9.33. The van der Waals surface area contributed by atoms with Crippen molar-refractivity contribution in [2.45, 2.75) is 77.9 Å². The summed E-state index contributed by atoms with van der Waals surface area (Å²) >= 11 is 0. The molecule has 3 fully saturated rings. The number of hydrogen-bond acceptors (Lipinski definition) is 3. The molecule has 0 spiro atoms. The minimum absolute atomic E-state index is 0.340. The summed E-state index contributed by atoms with van der Waals surface area (Å²) in [5, 5.41) is 3.65. The summed E-state index contributed by atoms with van der Waals surface area (Å²) in [7, 11) is 0. The SMILES string of the molecule is CCN1CCC(C(C)(C)CC(C)(C)N2C[C@@H]3C[C@H]2CN3)CC1. The Kier molecular flexibility index (Phi) is 4.61. The van der Waals surface area contributed by atoms with Crippen LogP contribution in [0.1, 0.15) is 60.3 Å². The van der Waals surface area contributed by atoms with Crippen LogP contribution in [-0.2, 0) is 0 Å². The Morgan fingerprint density at radius 3 is 2.27 bits per heavy atom. The molecule has 3 aliphatic heterocycles. The molecule has 0 aromatic rings. The molecule has 3 rings (SSSR count). The van der Waals surface area contributed by atoms with Crippen molar-refractivity contribution in [1.29, 1.82) is 0 Å². The van der Waals surface area contributed by atoms with Crippen molar-refractivity contribution in [3.05, 3.63) is 0 Å². The van der Waals surface area contributed by atoms with Gasteiger partial charge in [-0.15, -0.1) is 0 Å². The van der Waals surface area contributed by atoms with E-state index in [2.05, 4.69) is 49.7 Å². The Hall–Kier alpha value is -0.120. The number of nitrogens with one attached hydrogen (secondary N) is 1. The average Bonchev–Trinajstić information content (AvgIpc) is 3.09. The summed E-state index contributed by atoms with van der Waals surface area (Å²) in [6.07, 6.45) is 5.49. The summed E-state index contributed by atoms with van der Waals surface area (Å²) in [4.78, 5) is 5.43. The van der Waals surface area contributed by atoms with Crippen molar-refractivity contribution in [2.75, 3.05) is 32.7 Å². The van der Waals surface area contributed by atoms with Gasteiger partial charge in [0.2, 0.25) is 0 Å². The molecule has 0 unspecified atom stereocenters. The Balaban J connectivity index is 1.60. The molecule has 2 bridgehead atoms. The van der Waals surface area contributed by atoms with Gasteiger partial charge in [-0.2, -0.15) is 0 Å². The lowest BCUT2D eigenvalue weighted by Crippen LogP contribution is -2.55. The van der Waals surface area contributed by atoms with Crippen molar-refractivity contribution >= 4 is 0 Å². The Morgan fingerprint density at radius 2 is 1.77 bits per heavy atom. The lowest BCUT2D eigenvalue weighted by Gasteiger charge is -2.49. The quantitative estimate of drug-likeness (QED) is 0.842. The predicted molar refractivity (Wildman–Crippen MR) is 94.2 cm³/mol. The molecular weight excluding hydrogens is 270 g/mol. The Bertz CT molecular complexity index is 382. The molecule has 3 saturated heterocycles. The van der Waals surface area contributed by atoms with E-state index in [4.69, 9.17) is 0 Å². The van der Waals surface area contributed by atoms with Gasteiger partial charge in [0.25, 0.3) is 0 Å². The van der Waals surface area contributed by atoms with Crippen molar-refractivity contribution in [3.63, 3.8) is 0 Å². The first kappa shape index (κ1) is 16.7. The van der Waals surface area contributed by atoms with Gasteiger partial charge in [0.15, 0.2) is 0 Å². The molecule has 128 valence electrons. The Morgan fingerprint density at radius 1 is 1.09 bits per heavy atom. The van der Waals surface area contributed by atoms with Gasteiger partial charge in [0, 0.05) is 30.7 Å². The molecule has 3 heteroatoms. The van der Waals surface area contributed by atoms with E-state index in [0.717, 1.165) is 18.0 Å². The highest BCUT2D eigenvalue weighted by molar-refractivity contribution is 5.04. The first-order valence-electron chi connectivity index (χ1n) is 9.54. The highest BCUT2D eigenvalue weighted by Crippen LogP contribution is 2.44. The first-order chi connectivity index (χ1) is 10.3. The number of rotatable bonds is 5. The predicted octanol–water partition coefficient (Wildman–Crippen LogP) is 2.96. The van der Waals surface area contributed by atoms with E-state index >= 15 is 0 Å². The molecule has 0 aliphatic carbocycles. The van der Waals surface area contributed by atoms with Gasteiger partial charge in [0.05, 0.1) is 0 Å². The van der Waals surface area contributed by atoms with E-state index in [1.54, 1.807) is 0 Å². The normalized spacial score (nSPS) is 32.0. The maximum Gasteiger partial charge on any atom is 0.0242 e. The summed E-state index contributed by atoms with van der Waals surface area (Å²) < 4.78 is 0. The zero-order valence-corrected chi connectivity index (χ0v) is 15.5. The third-order valence-electron chi connectivity index (χ3n) is 6.86. The molecule has 0 aromatic heterocycles.